The summed E-state index contributed by atoms with van der Waals surface area (Å²) in [5, 5.41) is 4.95. The molecule has 0 spiro atoms. The highest BCUT2D eigenvalue weighted by molar-refractivity contribution is 6.36. The third kappa shape index (κ3) is 4.57. The fourth-order valence-corrected chi connectivity index (χ4v) is 3.51. The molecule has 0 bridgehead atoms. The minimum absolute atomic E-state index is 0.376. The molecule has 0 aromatic heterocycles. The number of hydrogen-bond acceptors (Lipinski definition) is 3. The normalized spacial score (nSPS) is 22.4. The molecule has 2 rings (SSSR count). The Labute approximate surface area is 138 Å². The van der Waals surface area contributed by atoms with E-state index in [1.165, 1.54) is 0 Å². The number of piperazine rings is 1. The number of hydrogen-bond donors (Lipinski definition) is 1. The van der Waals surface area contributed by atoms with Crippen LogP contribution in [0.5, 0.6) is 0 Å². The average Bonchev–Trinajstić information content (AvgIpc) is 2.45. The van der Waals surface area contributed by atoms with Gasteiger partial charge in [-0.2, -0.15) is 0 Å². The van der Waals surface area contributed by atoms with Crippen LogP contribution in [0.25, 0.3) is 0 Å². The minimum atomic E-state index is 0.376. The lowest BCUT2D eigenvalue weighted by molar-refractivity contribution is 0.102. The van der Waals surface area contributed by atoms with Crippen LogP contribution in [-0.2, 0) is 6.42 Å². The zero-order chi connectivity index (χ0) is 15.4. The Morgan fingerprint density at radius 1 is 1.24 bits per heavy atom. The second-order valence-corrected chi connectivity index (χ2v) is 6.84. The van der Waals surface area contributed by atoms with Crippen LogP contribution in [0.15, 0.2) is 18.2 Å². The topological polar surface area (TPSA) is 18.5 Å². The number of halogens is 2. The van der Waals surface area contributed by atoms with Crippen molar-refractivity contribution in [3.05, 3.63) is 33.8 Å². The van der Waals surface area contributed by atoms with Crippen LogP contribution in [0.4, 0.5) is 0 Å². The first-order valence-electron chi connectivity index (χ1n) is 7.50. The van der Waals surface area contributed by atoms with Crippen LogP contribution >= 0.6 is 23.2 Å². The second kappa shape index (κ2) is 7.80. The molecule has 1 saturated heterocycles. The number of benzene rings is 1. The predicted molar refractivity (Wildman–Crippen MR) is 91.5 cm³/mol. The van der Waals surface area contributed by atoms with Gasteiger partial charge in [0.25, 0.3) is 0 Å². The third-order valence-electron chi connectivity index (χ3n) is 4.46. The van der Waals surface area contributed by atoms with Crippen LogP contribution in [0.2, 0.25) is 10.0 Å². The maximum Gasteiger partial charge on any atom is 0.0453 e. The van der Waals surface area contributed by atoms with E-state index in [0.29, 0.717) is 12.1 Å². The molecule has 1 fully saturated rings. The molecule has 0 saturated carbocycles. The Bertz CT molecular complexity index is 447. The van der Waals surface area contributed by atoms with Crippen molar-refractivity contribution in [3.63, 3.8) is 0 Å². The summed E-state index contributed by atoms with van der Waals surface area (Å²) in [5.74, 6) is 0. The second-order valence-electron chi connectivity index (χ2n) is 6.02. The van der Waals surface area contributed by atoms with Crippen LogP contribution in [-0.4, -0.2) is 62.7 Å². The Morgan fingerprint density at radius 2 is 1.90 bits per heavy atom. The van der Waals surface area contributed by atoms with Crippen LogP contribution < -0.4 is 5.32 Å². The van der Waals surface area contributed by atoms with E-state index in [1.54, 1.807) is 0 Å². The molecule has 1 aliphatic rings. The largest absolute Gasteiger partial charge is 0.317 e. The Balaban J connectivity index is 2.03. The zero-order valence-corrected chi connectivity index (χ0v) is 14.6. The highest BCUT2D eigenvalue weighted by Crippen LogP contribution is 2.26. The fraction of sp³-hybridized carbons (Fsp3) is 0.625. The average molecular weight is 330 g/mol. The summed E-state index contributed by atoms with van der Waals surface area (Å²) in [7, 11) is 6.42. The molecular formula is C16H25Cl2N3. The molecule has 1 aromatic carbocycles. The predicted octanol–water partition coefficient (Wildman–Crippen LogP) is 2.76. The number of nitrogens with zero attached hydrogens (tertiary/aromatic N) is 2. The van der Waals surface area contributed by atoms with Crippen LogP contribution in [0.1, 0.15) is 12.0 Å². The van der Waals surface area contributed by atoms with Gasteiger partial charge in [0.2, 0.25) is 0 Å². The first-order valence-corrected chi connectivity index (χ1v) is 8.25. The Morgan fingerprint density at radius 3 is 2.52 bits per heavy atom. The molecule has 1 aromatic rings. The van der Waals surface area contributed by atoms with Gasteiger partial charge in [0.05, 0.1) is 0 Å². The summed E-state index contributed by atoms with van der Waals surface area (Å²) < 4.78 is 0. The first-order chi connectivity index (χ1) is 10.0. The van der Waals surface area contributed by atoms with Gasteiger partial charge in [-0.3, -0.25) is 0 Å². The van der Waals surface area contributed by atoms with Gasteiger partial charge >= 0.3 is 0 Å². The van der Waals surface area contributed by atoms with E-state index >= 15 is 0 Å². The summed E-state index contributed by atoms with van der Waals surface area (Å²) in [6.07, 6.45) is 1.96. The van der Waals surface area contributed by atoms with E-state index in [0.717, 1.165) is 48.1 Å². The maximum atomic E-state index is 6.29. The molecule has 1 aliphatic heterocycles. The van der Waals surface area contributed by atoms with Crippen molar-refractivity contribution in [2.45, 2.75) is 24.9 Å². The summed E-state index contributed by atoms with van der Waals surface area (Å²) in [6.45, 7) is 3.39. The van der Waals surface area contributed by atoms with Crippen molar-refractivity contribution >= 4 is 23.2 Å². The van der Waals surface area contributed by atoms with E-state index in [4.69, 9.17) is 23.2 Å². The standard InChI is InChI=1S/C16H25Cl2N3/c1-19-12(9-13-11-20(2)7-8-21(13)3)10-14-15(17)5-4-6-16(14)18/h4-6,12-13,19H,7-11H2,1-3H3. The molecule has 5 heteroatoms. The minimum Gasteiger partial charge on any atom is -0.317 e. The molecule has 1 N–H and O–H groups in total. The number of rotatable bonds is 5. The SMILES string of the molecule is CNC(Cc1c(Cl)cccc1Cl)CC1CN(C)CCN1C. The Hall–Kier alpha value is -0.320. The van der Waals surface area contributed by atoms with E-state index < -0.39 is 0 Å². The molecule has 21 heavy (non-hydrogen) atoms. The van der Waals surface area contributed by atoms with Crippen molar-refractivity contribution in [3.8, 4) is 0 Å². The summed E-state index contributed by atoms with van der Waals surface area (Å²) in [5.41, 5.74) is 1.05. The van der Waals surface area contributed by atoms with Gasteiger partial charge in [-0.05, 0) is 51.7 Å². The van der Waals surface area contributed by atoms with E-state index in [-0.39, 0.29) is 0 Å². The lowest BCUT2D eigenvalue weighted by Gasteiger charge is -2.39. The summed E-state index contributed by atoms with van der Waals surface area (Å²) in [4.78, 5) is 4.86. The quantitative estimate of drug-likeness (QED) is 0.896. The van der Waals surface area contributed by atoms with E-state index in [2.05, 4.69) is 29.2 Å². The Kier molecular flexibility index (Phi) is 6.33. The lowest BCUT2D eigenvalue weighted by Crippen LogP contribution is -2.52. The molecule has 2 unspecified atom stereocenters. The summed E-state index contributed by atoms with van der Waals surface area (Å²) in [6, 6.07) is 6.67. The monoisotopic (exact) mass is 329 g/mol. The maximum absolute atomic E-state index is 6.29. The molecular weight excluding hydrogens is 305 g/mol. The highest BCUT2D eigenvalue weighted by Gasteiger charge is 2.25. The van der Waals surface area contributed by atoms with Gasteiger partial charge < -0.3 is 15.1 Å². The molecule has 3 nitrogen and oxygen atoms in total. The van der Waals surface area contributed by atoms with Crippen molar-refractivity contribution < 1.29 is 0 Å². The van der Waals surface area contributed by atoms with E-state index in [1.807, 2.05) is 25.2 Å². The van der Waals surface area contributed by atoms with Crippen molar-refractivity contribution in [2.75, 3.05) is 40.8 Å². The van der Waals surface area contributed by atoms with Gasteiger partial charge in [0.1, 0.15) is 0 Å². The molecule has 0 amide bonds. The fourth-order valence-electron chi connectivity index (χ4n) is 2.96. The molecule has 118 valence electrons. The smallest absolute Gasteiger partial charge is 0.0453 e. The van der Waals surface area contributed by atoms with Gasteiger partial charge in [0.15, 0.2) is 0 Å². The van der Waals surface area contributed by atoms with Gasteiger partial charge in [-0.25, -0.2) is 0 Å². The first kappa shape index (κ1) is 17.0. The van der Waals surface area contributed by atoms with E-state index in [9.17, 15) is 0 Å². The third-order valence-corrected chi connectivity index (χ3v) is 5.17. The zero-order valence-electron chi connectivity index (χ0n) is 13.1. The van der Waals surface area contributed by atoms with Crippen molar-refractivity contribution in [1.29, 1.82) is 0 Å². The van der Waals surface area contributed by atoms with Gasteiger partial charge in [-0.15, -0.1) is 0 Å². The highest BCUT2D eigenvalue weighted by atomic mass is 35.5. The van der Waals surface area contributed by atoms with Crippen molar-refractivity contribution in [2.24, 2.45) is 0 Å². The number of likely N-dealkylation sites (N-methyl/N-ethyl adjacent to an activating group) is 3. The van der Waals surface area contributed by atoms with Gasteiger partial charge in [-0.1, -0.05) is 29.3 Å². The summed E-state index contributed by atoms with van der Waals surface area (Å²) >= 11 is 12.6. The molecule has 2 atom stereocenters. The van der Waals surface area contributed by atoms with Gasteiger partial charge in [0, 0.05) is 41.8 Å². The lowest BCUT2D eigenvalue weighted by atomic mass is 9.97. The van der Waals surface area contributed by atoms with Crippen molar-refractivity contribution in [1.82, 2.24) is 15.1 Å². The molecule has 0 radical (unpaired) electrons. The van der Waals surface area contributed by atoms with Crippen LogP contribution in [0.3, 0.4) is 0 Å². The number of nitrogens with one attached hydrogen (secondary N) is 1. The van der Waals surface area contributed by atoms with Crippen LogP contribution in [0, 0.1) is 0 Å². The molecule has 1 heterocycles. The molecule has 0 aliphatic carbocycles.